The number of hydrogen-bond donors (Lipinski definition) is 0. The second-order valence-corrected chi connectivity index (χ2v) is 3.49. The second-order valence-electron chi connectivity index (χ2n) is 3.49. The molecule has 0 saturated carbocycles. The lowest BCUT2D eigenvalue weighted by Gasteiger charge is -1.95. The van der Waals surface area contributed by atoms with Gasteiger partial charge in [-0.2, -0.15) is 0 Å². The Morgan fingerprint density at radius 1 is 0.733 bits per heavy atom. The predicted octanol–water partition coefficient (Wildman–Crippen LogP) is 4.04. The largest absolute Gasteiger partial charge is 0.0622 e. The SMILES string of the molecule is [CH2]c1cccc(/C=C\c2ccccc2)c1. The first-order valence-corrected chi connectivity index (χ1v) is 5.00. The minimum absolute atomic E-state index is 1.05. The van der Waals surface area contributed by atoms with E-state index < -0.39 is 0 Å². The summed E-state index contributed by atoms with van der Waals surface area (Å²) in [4.78, 5) is 0. The zero-order valence-electron chi connectivity index (χ0n) is 8.56. The molecule has 0 saturated heterocycles. The molecule has 15 heavy (non-hydrogen) atoms. The quantitative estimate of drug-likeness (QED) is 0.631. The second kappa shape index (κ2) is 4.61. The molecule has 0 fully saturated rings. The average Bonchev–Trinajstić information content (AvgIpc) is 2.28. The van der Waals surface area contributed by atoms with Crippen molar-refractivity contribution in [1.82, 2.24) is 0 Å². The summed E-state index contributed by atoms with van der Waals surface area (Å²) in [5, 5.41) is 0. The normalized spacial score (nSPS) is 10.7. The maximum atomic E-state index is 3.90. The molecule has 0 N–H and O–H groups in total. The fourth-order valence-electron chi connectivity index (χ4n) is 1.45. The van der Waals surface area contributed by atoms with E-state index in [1.54, 1.807) is 0 Å². The number of hydrogen-bond acceptors (Lipinski definition) is 0. The van der Waals surface area contributed by atoms with Crippen LogP contribution in [0, 0.1) is 6.92 Å². The standard InChI is InChI=1S/C15H13/c1-13-6-5-9-15(12-13)11-10-14-7-3-2-4-8-14/h2-12H,1H2/b11-10-. The van der Waals surface area contributed by atoms with E-state index in [9.17, 15) is 0 Å². The van der Waals surface area contributed by atoms with Crippen molar-refractivity contribution in [3.05, 3.63) is 78.2 Å². The molecule has 0 aliphatic heterocycles. The van der Waals surface area contributed by atoms with E-state index in [4.69, 9.17) is 0 Å². The molecule has 0 nitrogen and oxygen atoms in total. The summed E-state index contributed by atoms with van der Waals surface area (Å²) >= 11 is 0. The topological polar surface area (TPSA) is 0 Å². The Morgan fingerprint density at radius 2 is 1.40 bits per heavy atom. The van der Waals surface area contributed by atoms with Gasteiger partial charge < -0.3 is 0 Å². The highest BCUT2D eigenvalue weighted by molar-refractivity contribution is 5.69. The van der Waals surface area contributed by atoms with E-state index in [1.165, 1.54) is 11.1 Å². The van der Waals surface area contributed by atoms with Crippen LogP contribution < -0.4 is 0 Å². The molecule has 0 spiro atoms. The molecular weight excluding hydrogens is 180 g/mol. The van der Waals surface area contributed by atoms with Crippen LogP contribution in [0.1, 0.15) is 16.7 Å². The van der Waals surface area contributed by atoms with Crippen LogP contribution in [-0.2, 0) is 0 Å². The summed E-state index contributed by atoms with van der Waals surface area (Å²) < 4.78 is 0. The van der Waals surface area contributed by atoms with Crippen molar-refractivity contribution in [2.45, 2.75) is 0 Å². The zero-order valence-corrected chi connectivity index (χ0v) is 8.56. The Kier molecular flexibility index (Phi) is 2.99. The molecule has 0 heterocycles. The van der Waals surface area contributed by atoms with Gasteiger partial charge in [0.25, 0.3) is 0 Å². The van der Waals surface area contributed by atoms with E-state index in [2.05, 4.69) is 43.3 Å². The van der Waals surface area contributed by atoms with Crippen LogP contribution in [-0.4, -0.2) is 0 Å². The van der Waals surface area contributed by atoms with Crippen LogP contribution in [0.5, 0.6) is 0 Å². The molecule has 0 aliphatic rings. The fourth-order valence-corrected chi connectivity index (χ4v) is 1.45. The molecule has 2 rings (SSSR count). The zero-order chi connectivity index (χ0) is 10.5. The Hall–Kier alpha value is -1.82. The summed E-state index contributed by atoms with van der Waals surface area (Å²) in [5.41, 5.74) is 3.45. The first-order valence-electron chi connectivity index (χ1n) is 5.00. The van der Waals surface area contributed by atoms with Crippen LogP contribution in [0.4, 0.5) is 0 Å². The van der Waals surface area contributed by atoms with Gasteiger partial charge in [-0.05, 0) is 23.6 Å². The Balaban J connectivity index is 2.19. The van der Waals surface area contributed by atoms with Crippen LogP contribution in [0.15, 0.2) is 54.6 Å². The van der Waals surface area contributed by atoms with Gasteiger partial charge in [-0.25, -0.2) is 0 Å². The third kappa shape index (κ3) is 2.81. The van der Waals surface area contributed by atoms with Crippen LogP contribution in [0.3, 0.4) is 0 Å². The van der Waals surface area contributed by atoms with Crippen LogP contribution in [0.25, 0.3) is 12.2 Å². The number of benzene rings is 2. The molecule has 1 radical (unpaired) electrons. The number of rotatable bonds is 2. The van der Waals surface area contributed by atoms with Crippen molar-refractivity contribution in [2.75, 3.05) is 0 Å². The van der Waals surface area contributed by atoms with Gasteiger partial charge >= 0.3 is 0 Å². The van der Waals surface area contributed by atoms with Crippen molar-refractivity contribution in [3.8, 4) is 0 Å². The molecule has 0 atom stereocenters. The first kappa shape index (κ1) is 9.72. The molecule has 2 aromatic carbocycles. The Labute approximate surface area is 90.9 Å². The van der Waals surface area contributed by atoms with E-state index in [-0.39, 0.29) is 0 Å². The molecular formula is C15H13. The van der Waals surface area contributed by atoms with E-state index in [0.29, 0.717) is 0 Å². The molecule has 0 amide bonds. The lowest BCUT2D eigenvalue weighted by molar-refractivity contribution is 1.58. The minimum atomic E-state index is 1.05. The van der Waals surface area contributed by atoms with E-state index in [1.807, 2.05) is 30.3 Å². The van der Waals surface area contributed by atoms with E-state index >= 15 is 0 Å². The third-order valence-electron chi connectivity index (χ3n) is 2.22. The monoisotopic (exact) mass is 193 g/mol. The predicted molar refractivity (Wildman–Crippen MR) is 66.3 cm³/mol. The molecule has 2 aromatic rings. The highest BCUT2D eigenvalue weighted by Gasteiger charge is 1.87. The van der Waals surface area contributed by atoms with Gasteiger partial charge in [0, 0.05) is 0 Å². The van der Waals surface area contributed by atoms with Crippen molar-refractivity contribution < 1.29 is 0 Å². The summed E-state index contributed by atoms with van der Waals surface area (Å²) in [6.07, 6.45) is 4.21. The van der Waals surface area contributed by atoms with Crippen LogP contribution in [0.2, 0.25) is 0 Å². The van der Waals surface area contributed by atoms with Gasteiger partial charge in [-0.3, -0.25) is 0 Å². The fraction of sp³-hybridized carbons (Fsp3) is 0. The lowest BCUT2D eigenvalue weighted by atomic mass is 10.1. The lowest BCUT2D eigenvalue weighted by Crippen LogP contribution is -1.74. The maximum absolute atomic E-state index is 3.90. The molecule has 73 valence electrons. The van der Waals surface area contributed by atoms with Crippen molar-refractivity contribution in [2.24, 2.45) is 0 Å². The van der Waals surface area contributed by atoms with Crippen molar-refractivity contribution >= 4 is 12.2 Å². The van der Waals surface area contributed by atoms with Crippen molar-refractivity contribution in [1.29, 1.82) is 0 Å². The molecule has 0 bridgehead atoms. The van der Waals surface area contributed by atoms with Gasteiger partial charge in [0.15, 0.2) is 0 Å². The summed E-state index contributed by atoms with van der Waals surface area (Å²) in [7, 11) is 0. The Morgan fingerprint density at radius 3 is 2.13 bits per heavy atom. The van der Waals surface area contributed by atoms with E-state index in [0.717, 1.165) is 5.56 Å². The minimum Gasteiger partial charge on any atom is -0.0622 e. The first-order chi connectivity index (χ1) is 7.34. The third-order valence-corrected chi connectivity index (χ3v) is 2.22. The molecule has 0 aliphatic carbocycles. The summed E-state index contributed by atoms with van der Waals surface area (Å²) in [6, 6.07) is 18.4. The van der Waals surface area contributed by atoms with Crippen molar-refractivity contribution in [3.63, 3.8) is 0 Å². The molecule has 0 heteroatoms. The highest BCUT2D eigenvalue weighted by Crippen LogP contribution is 2.09. The average molecular weight is 193 g/mol. The van der Waals surface area contributed by atoms with Gasteiger partial charge in [-0.1, -0.05) is 66.7 Å². The van der Waals surface area contributed by atoms with Gasteiger partial charge in [0.2, 0.25) is 0 Å². The van der Waals surface area contributed by atoms with Gasteiger partial charge in [0.1, 0.15) is 0 Å². The van der Waals surface area contributed by atoms with Gasteiger partial charge in [0.05, 0.1) is 0 Å². The maximum Gasteiger partial charge on any atom is -0.0238 e. The summed E-state index contributed by atoms with van der Waals surface area (Å²) in [5.74, 6) is 0. The summed E-state index contributed by atoms with van der Waals surface area (Å²) in [6.45, 7) is 3.90. The smallest absolute Gasteiger partial charge is 0.0238 e. The van der Waals surface area contributed by atoms with Gasteiger partial charge in [-0.15, -0.1) is 0 Å². The molecule has 0 unspecified atom stereocenters. The van der Waals surface area contributed by atoms with Crippen LogP contribution >= 0.6 is 0 Å². The highest BCUT2D eigenvalue weighted by atomic mass is 13.9. The molecule has 0 aromatic heterocycles. The Bertz CT molecular complexity index is 452.